The molecule has 0 aromatic heterocycles. The van der Waals surface area contributed by atoms with Gasteiger partial charge in [0.1, 0.15) is 17.6 Å². The van der Waals surface area contributed by atoms with Crippen molar-refractivity contribution in [3.8, 4) is 11.5 Å². The lowest BCUT2D eigenvalue weighted by Gasteiger charge is -2.43. The van der Waals surface area contributed by atoms with E-state index in [4.69, 9.17) is 9.47 Å². The molecule has 6 heteroatoms. The topological polar surface area (TPSA) is 96.2 Å². The molecule has 0 bridgehead atoms. The first-order chi connectivity index (χ1) is 12.8. The highest BCUT2D eigenvalue weighted by molar-refractivity contribution is 6.23. The summed E-state index contributed by atoms with van der Waals surface area (Å²) in [5, 5.41) is 31.5. The molecule has 0 amide bonds. The van der Waals surface area contributed by atoms with E-state index in [0.29, 0.717) is 17.7 Å². The van der Waals surface area contributed by atoms with Crippen LogP contribution < -0.4 is 4.74 Å². The van der Waals surface area contributed by atoms with Crippen molar-refractivity contribution in [3.05, 3.63) is 41.7 Å². The van der Waals surface area contributed by atoms with Crippen molar-refractivity contribution in [2.45, 2.75) is 45.0 Å². The Balaban J connectivity index is 1.89. The van der Waals surface area contributed by atoms with E-state index < -0.39 is 30.1 Å². The molecule has 146 valence electrons. The number of rotatable bonds is 4. The van der Waals surface area contributed by atoms with Gasteiger partial charge in [-0.2, -0.15) is 0 Å². The average molecular weight is 374 g/mol. The Kier molecular flexibility index (Phi) is 5.58. The van der Waals surface area contributed by atoms with Crippen molar-refractivity contribution in [2.24, 2.45) is 11.8 Å². The molecule has 3 rings (SSSR count). The molecule has 3 N–H and O–H groups in total. The maximum Gasteiger partial charge on any atom is 0.176 e. The Morgan fingerprint density at radius 3 is 2.70 bits per heavy atom. The van der Waals surface area contributed by atoms with E-state index in [-0.39, 0.29) is 23.5 Å². The smallest absolute Gasteiger partial charge is 0.176 e. The Hall–Kier alpha value is -2.31. The number of phenolic OH excluding ortho intramolecular Hbond substituents is 1. The van der Waals surface area contributed by atoms with Crippen molar-refractivity contribution in [2.75, 3.05) is 7.11 Å². The molecular weight excluding hydrogens is 348 g/mol. The van der Waals surface area contributed by atoms with Gasteiger partial charge in [-0.15, -0.1) is 0 Å². The number of aromatic hydroxyl groups is 1. The summed E-state index contributed by atoms with van der Waals surface area (Å²) in [6.07, 6.45) is 1.72. The summed E-state index contributed by atoms with van der Waals surface area (Å²) in [4.78, 5) is 13.1. The number of aliphatic hydroxyl groups is 2. The maximum absolute atomic E-state index is 13.1. The van der Waals surface area contributed by atoms with Crippen molar-refractivity contribution in [3.63, 3.8) is 0 Å². The number of methoxy groups -OCH3 is 1. The fourth-order valence-electron chi connectivity index (χ4n) is 3.86. The zero-order valence-electron chi connectivity index (χ0n) is 15.8. The second-order valence-corrected chi connectivity index (χ2v) is 7.45. The lowest BCUT2D eigenvalue weighted by Crippen LogP contribution is -2.54. The minimum atomic E-state index is -1.02. The fraction of sp³-hybridized carbons (Fsp3) is 0.476. The van der Waals surface area contributed by atoms with Crippen LogP contribution in [-0.2, 0) is 9.53 Å². The normalized spacial score (nSPS) is 30.0. The van der Waals surface area contributed by atoms with E-state index in [1.165, 1.54) is 19.4 Å². The number of carbonyl (C=O) groups excluding carboxylic acids is 1. The van der Waals surface area contributed by atoms with Crippen LogP contribution in [0.4, 0.5) is 0 Å². The van der Waals surface area contributed by atoms with E-state index in [9.17, 15) is 20.1 Å². The molecule has 1 aromatic rings. The highest BCUT2D eigenvalue weighted by atomic mass is 16.5. The number of benzene rings is 1. The second-order valence-electron chi connectivity index (χ2n) is 7.45. The van der Waals surface area contributed by atoms with E-state index in [1.54, 1.807) is 12.1 Å². The molecule has 1 fully saturated rings. The number of hydrogen-bond acceptors (Lipinski definition) is 6. The SMILES string of the molecule is COc1ccc(C2=COC3CC(O)C(CC=C(C)C)C(O)C3C2=O)c(O)c1. The van der Waals surface area contributed by atoms with Crippen LogP contribution in [0.25, 0.3) is 5.57 Å². The maximum atomic E-state index is 13.1. The average Bonchev–Trinajstić information content (AvgIpc) is 2.61. The predicted octanol–water partition coefficient (Wildman–Crippen LogP) is 2.42. The molecule has 0 saturated heterocycles. The number of hydrogen-bond donors (Lipinski definition) is 3. The Bertz CT molecular complexity index is 777. The predicted molar refractivity (Wildman–Crippen MR) is 100 cm³/mol. The lowest BCUT2D eigenvalue weighted by atomic mass is 9.69. The first kappa shape index (κ1) is 19.5. The van der Waals surface area contributed by atoms with Gasteiger partial charge in [0, 0.05) is 24.0 Å². The molecule has 2 aliphatic rings. The molecule has 5 atom stereocenters. The van der Waals surface area contributed by atoms with Crippen LogP contribution in [0.2, 0.25) is 0 Å². The fourth-order valence-corrected chi connectivity index (χ4v) is 3.86. The monoisotopic (exact) mass is 374 g/mol. The van der Waals surface area contributed by atoms with Crippen LogP contribution in [-0.4, -0.2) is 46.5 Å². The van der Waals surface area contributed by atoms with E-state index in [0.717, 1.165) is 5.57 Å². The quantitative estimate of drug-likeness (QED) is 0.701. The number of phenols is 1. The first-order valence-electron chi connectivity index (χ1n) is 9.10. The number of allylic oxidation sites excluding steroid dienone is 3. The summed E-state index contributed by atoms with van der Waals surface area (Å²) in [5.41, 5.74) is 1.64. The summed E-state index contributed by atoms with van der Waals surface area (Å²) in [6, 6.07) is 4.66. The number of carbonyl (C=O) groups is 1. The van der Waals surface area contributed by atoms with Gasteiger partial charge in [0.25, 0.3) is 0 Å². The summed E-state index contributed by atoms with van der Waals surface area (Å²) in [6.45, 7) is 3.90. The zero-order chi connectivity index (χ0) is 19.7. The van der Waals surface area contributed by atoms with Gasteiger partial charge in [-0.25, -0.2) is 0 Å². The van der Waals surface area contributed by atoms with Crippen LogP contribution in [0.3, 0.4) is 0 Å². The Morgan fingerprint density at radius 2 is 2.07 bits per heavy atom. The van der Waals surface area contributed by atoms with Crippen LogP contribution in [0.15, 0.2) is 36.1 Å². The van der Waals surface area contributed by atoms with Gasteiger partial charge in [-0.1, -0.05) is 11.6 Å². The van der Waals surface area contributed by atoms with Gasteiger partial charge >= 0.3 is 0 Å². The van der Waals surface area contributed by atoms with E-state index >= 15 is 0 Å². The molecule has 1 aliphatic heterocycles. The third-order valence-corrected chi connectivity index (χ3v) is 5.40. The molecule has 27 heavy (non-hydrogen) atoms. The molecule has 1 heterocycles. The first-order valence-corrected chi connectivity index (χ1v) is 9.10. The highest BCUT2D eigenvalue weighted by Crippen LogP contribution is 2.42. The minimum absolute atomic E-state index is 0.0950. The summed E-state index contributed by atoms with van der Waals surface area (Å²) < 4.78 is 10.8. The second kappa shape index (κ2) is 7.74. The highest BCUT2D eigenvalue weighted by Gasteiger charge is 2.50. The van der Waals surface area contributed by atoms with E-state index in [1.807, 2.05) is 19.9 Å². The van der Waals surface area contributed by atoms with Gasteiger partial charge in [0.05, 0.1) is 37.1 Å². The number of Topliss-reactive ketones (excluding diaryl/α,β-unsaturated/α-hetero) is 1. The van der Waals surface area contributed by atoms with Crippen LogP contribution in [0.1, 0.15) is 32.3 Å². The van der Waals surface area contributed by atoms with Crippen molar-refractivity contribution >= 4 is 11.4 Å². The van der Waals surface area contributed by atoms with Crippen molar-refractivity contribution < 1.29 is 29.6 Å². The van der Waals surface area contributed by atoms with Gasteiger partial charge in [-0.05, 0) is 32.4 Å². The summed E-state index contributed by atoms with van der Waals surface area (Å²) >= 11 is 0. The molecule has 0 radical (unpaired) electrons. The number of fused-ring (bicyclic) bond motifs is 1. The van der Waals surface area contributed by atoms with Gasteiger partial charge < -0.3 is 24.8 Å². The standard InChI is InChI=1S/C21H26O6/c1-11(2)4-6-14-17(23)9-18-19(20(14)24)21(25)15(10-27-18)13-7-5-12(26-3)8-16(13)22/h4-5,7-8,10,14,17-20,22-24H,6,9H2,1-3H3. The number of ether oxygens (including phenoxy) is 2. The third kappa shape index (κ3) is 3.73. The number of aliphatic hydroxyl groups excluding tert-OH is 2. The molecule has 1 aliphatic carbocycles. The van der Waals surface area contributed by atoms with Gasteiger partial charge in [0.2, 0.25) is 0 Å². The molecule has 0 spiro atoms. The van der Waals surface area contributed by atoms with Crippen molar-refractivity contribution in [1.82, 2.24) is 0 Å². The van der Waals surface area contributed by atoms with Crippen LogP contribution in [0, 0.1) is 11.8 Å². The van der Waals surface area contributed by atoms with Crippen LogP contribution >= 0.6 is 0 Å². The minimum Gasteiger partial charge on any atom is -0.507 e. The molecule has 6 nitrogen and oxygen atoms in total. The molecule has 1 aromatic carbocycles. The van der Waals surface area contributed by atoms with Crippen molar-refractivity contribution in [1.29, 1.82) is 0 Å². The Labute approximate surface area is 158 Å². The van der Waals surface area contributed by atoms with Gasteiger partial charge in [0.15, 0.2) is 5.78 Å². The number of ketones is 1. The lowest BCUT2D eigenvalue weighted by molar-refractivity contribution is -0.147. The van der Waals surface area contributed by atoms with Crippen LogP contribution in [0.5, 0.6) is 11.5 Å². The molecule has 1 saturated carbocycles. The zero-order valence-corrected chi connectivity index (χ0v) is 15.8. The van der Waals surface area contributed by atoms with Gasteiger partial charge in [-0.3, -0.25) is 4.79 Å². The Morgan fingerprint density at radius 1 is 1.33 bits per heavy atom. The largest absolute Gasteiger partial charge is 0.507 e. The summed E-state index contributed by atoms with van der Waals surface area (Å²) in [7, 11) is 1.49. The third-order valence-electron chi connectivity index (χ3n) is 5.40. The molecular formula is C21H26O6. The molecule has 5 unspecified atom stereocenters. The van der Waals surface area contributed by atoms with E-state index in [2.05, 4.69) is 0 Å². The summed E-state index contributed by atoms with van der Waals surface area (Å²) in [5.74, 6) is -1.11.